The molecule has 174 valence electrons. The zero-order valence-corrected chi connectivity index (χ0v) is 21.1. The number of furan rings is 1. The predicted molar refractivity (Wildman–Crippen MR) is 145 cm³/mol. The first-order valence-electron chi connectivity index (χ1n) is 13.4. The first kappa shape index (κ1) is 19.4. The molecule has 5 rings (SSSR count). The molecule has 3 nitrogen and oxygen atoms in total. The van der Waals surface area contributed by atoms with Gasteiger partial charge in [-0.05, 0) is 42.8 Å². The molecule has 0 unspecified atom stereocenters. The molecule has 0 aliphatic rings. The van der Waals surface area contributed by atoms with Crippen LogP contribution in [0.5, 0.6) is 0 Å². The summed E-state index contributed by atoms with van der Waals surface area (Å²) in [6, 6.07) is 18.0. The number of aryl methyl sites for hydroxylation is 1. The maximum atomic E-state index is 9.21. The topological polar surface area (TPSA) is 21.4 Å². The Labute approximate surface area is 211 Å². The average molecular weight is 463 g/mol. The van der Waals surface area contributed by atoms with E-state index in [4.69, 9.17) is 13.7 Å². The average Bonchev–Trinajstić information content (AvgIpc) is 3.27. The van der Waals surface area contributed by atoms with E-state index in [2.05, 4.69) is 4.85 Å². The Morgan fingerprint density at radius 3 is 2.26 bits per heavy atom. The summed E-state index contributed by atoms with van der Waals surface area (Å²) >= 11 is 0. The molecule has 0 fully saturated rings. The molecular weight excluding hydrogens is 428 g/mol. The van der Waals surface area contributed by atoms with E-state index in [1.807, 2.05) is 101 Å². The second-order valence-electron chi connectivity index (χ2n) is 9.47. The quantitative estimate of drug-likeness (QED) is 0.194. The Bertz CT molecular complexity index is 1750. The minimum absolute atomic E-state index is 0.237. The van der Waals surface area contributed by atoms with Gasteiger partial charge in [-0.25, -0.2) is 4.85 Å². The molecule has 0 aliphatic carbocycles. The number of benzene rings is 3. The second-order valence-corrected chi connectivity index (χ2v) is 9.47. The Morgan fingerprint density at radius 2 is 1.60 bits per heavy atom. The van der Waals surface area contributed by atoms with Crippen LogP contribution in [0, 0.1) is 33.3 Å². The van der Waals surface area contributed by atoms with Crippen LogP contribution >= 0.6 is 0 Å². The Balaban J connectivity index is 1.90. The molecule has 5 aromatic rings. The van der Waals surface area contributed by atoms with E-state index in [0.29, 0.717) is 39.7 Å². The summed E-state index contributed by atoms with van der Waals surface area (Å²) in [5.74, 6) is -0.237. The molecule has 0 saturated heterocycles. The normalized spacial score (nSPS) is 13.1. The van der Waals surface area contributed by atoms with Gasteiger partial charge >= 0.3 is 0 Å². The molecule has 0 radical (unpaired) electrons. The number of pyridine rings is 1. The molecule has 3 heteroatoms. The van der Waals surface area contributed by atoms with Crippen molar-refractivity contribution < 1.29 is 13.1 Å². The number of hydrogen-bond acceptors (Lipinski definition) is 1. The fourth-order valence-electron chi connectivity index (χ4n) is 4.93. The summed E-state index contributed by atoms with van der Waals surface area (Å²) in [6.07, 6.45) is -1.57. The van der Waals surface area contributed by atoms with Crippen LogP contribution in [0.1, 0.15) is 40.3 Å². The minimum atomic E-state index is -1.57. The third-order valence-corrected chi connectivity index (χ3v) is 6.73. The van der Waals surface area contributed by atoms with Gasteiger partial charge in [-0.1, -0.05) is 68.4 Å². The molecule has 0 N–H and O–H groups in total. The van der Waals surface area contributed by atoms with Gasteiger partial charge < -0.3 is 4.42 Å². The number of nitrogens with zero attached hydrogens (tertiary/aromatic N) is 2. The van der Waals surface area contributed by atoms with Gasteiger partial charge in [-0.15, -0.1) is 0 Å². The highest BCUT2D eigenvalue weighted by molar-refractivity contribution is 6.15. The number of aromatic nitrogens is 1. The minimum Gasteiger partial charge on any atom is -0.456 e. The van der Waals surface area contributed by atoms with Crippen LogP contribution < -0.4 is 4.57 Å². The summed E-state index contributed by atoms with van der Waals surface area (Å²) in [5.41, 5.74) is 8.01. The maximum absolute atomic E-state index is 9.21. The summed E-state index contributed by atoms with van der Waals surface area (Å²) < 4.78 is 35.4. The van der Waals surface area contributed by atoms with Gasteiger partial charge in [0.25, 0.3) is 0 Å². The van der Waals surface area contributed by atoms with E-state index in [9.17, 15) is 1.37 Å². The highest BCUT2D eigenvalue weighted by Crippen LogP contribution is 2.44. The van der Waals surface area contributed by atoms with Gasteiger partial charge in [0.1, 0.15) is 18.2 Å². The van der Waals surface area contributed by atoms with Crippen molar-refractivity contribution >= 4 is 27.6 Å². The Morgan fingerprint density at radius 1 is 0.943 bits per heavy atom. The molecule has 0 amide bonds. The smallest absolute Gasteiger partial charge is 0.216 e. The molecule has 2 aromatic heterocycles. The summed E-state index contributed by atoms with van der Waals surface area (Å²) in [6.45, 7) is 17.3. The SMILES string of the molecule is [2H]c1c(C)c(C([2H])([2H])C(C)C)c(C)[n+](C)c1-c1c(C)ccc2c1oc1c(-c3ccccc3)c([N+]#[C-])ccc12. The molecule has 0 saturated carbocycles. The second kappa shape index (κ2) is 8.71. The van der Waals surface area contributed by atoms with Crippen LogP contribution in [0.3, 0.4) is 0 Å². The van der Waals surface area contributed by atoms with E-state index in [1.54, 1.807) is 0 Å². The lowest BCUT2D eigenvalue weighted by Gasteiger charge is -2.14. The fraction of sp³-hybridized carbons (Fsp3) is 0.250. The third-order valence-electron chi connectivity index (χ3n) is 6.73. The van der Waals surface area contributed by atoms with Crippen LogP contribution in [0.2, 0.25) is 0 Å². The van der Waals surface area contributed by atoms with Gasteiger partial charge in [0.15, 0.2) is 11.4 Å². The van der Waals surface area contributed by atoms with Gasteiger partial charge in [0, 0.05) is 37.6 Å². The van der Waals surface area contributed by atoms with E-state index in [1.165, 1.54) is 0 Å². The van der Waals surface area contributed by atoms with Crippen molar-refractivity contribution in [3.05, 3.63) is 94.4 Å². The number of rotatable bonds is 4. The monoisotopic (exact) mass is 462 g/mol. The number of fused-ring (bicyclic) bond motifs is 3. The van der Waals surface area contributed by atoms with Crippen LogP contribution in [-0.4, -0.2) is 0 Å². The molecule has 3 aromatic carbocycles. The van der Waals surface area contributed by atoms with Crippen molar-refractivity contribution in [3.8, 4) is 22.4 Å². The van der Waals surface area contributed by atoms with E-state index in [0.717, 1.165) is 38.7 Å². The molecule has 0 atom stereocenters. The molecule has 2 heterocycles. The van der Waals surface area contributed by atoms with Gasteiger partial charge in [-0.3, -0.25) is 0 Å². The molecular formula is C32H31N2O+. The van der Waals surface area contributed by atoms with Crippen molar-refractivity contribution in [2.24, 2.45) is 13.0 Å². The lowest BCUT2D eigenvalue weighted by molar-refractivity contribution is -0.667. The van der Waals surface area contributed by atoms with Crippen molar-refractivity contribution in [1.82, 2.24) is 0 Å². The zero-order chi connectivity index (χ0) is 27.5. The van der Waals surface area contributed by atoms with Gasteiger partial charge in [-0.2, -0.15) is 4.57 Å². The highest BCUT2D eigenvalue weighted by Gasteiger charge is 2.26. The van der Waals surface area contributed by atoms with E-state index < -0.39 is 6.37 Å². The predicted octanol–water partition coefficient (Wildman–Crippen LogP) is 8.42. The largest absolute Gasteiger partial charge is 0.456 e. The fourth-order valence-corrected chi connectivity index (χ4v) is 4.93. The highest BCUT2D eigenvalue weighted by atomic mass is 16.3. The molecule has 35 heavy (non-hydrogen) atoms. The molecule has 0 bridgehead atoms. The molecule has 0 spiro atoms. The summed E-state index contributed by atoms with van der Waals surface area (Å²) in [7, 11) is 1.90. The van der Waals surface area contributed by atoms with Crippen LogP contribution in [-0.2, 0) is 13.4 Å². The van der Waals surface area contributed by atoms with E-state index in [-0.39, 0.29) is 5.92 Å². The zero-order valence-electron chi connectivity index (χ0n) is 24.1. The van der Waals surface area contributed by atoms with Crippen molar-refractivity contribution in [2.75, 3.05) is 0 Å². The van der Waals surface area contributed by atoms with Crippen LogP contribution in [0.25, 0.3) is 49.2 Å². The van der Waals surface area contributed by atoms with Crippen molar-refractivity contribution in [2.45, 2.75) is 41.0 Å². The van der Waals surface area contributed by atoms with Gasteiger partial charge in [0.05, 0.1) is 13.5 Å². The first-order chi connectivity index (χ1) is 18.0. The lowest BCUT2D eigenvalue weighted by Crippen LogP contribution is -2.37. The number of hydrogen-bond donors (Lipinski definition) is 0. The van der Waals surface area contributed by atoms with E-state index >= 15 is 0 Å². The summed E-state index contributed by atoms with van der Waals surface area (Å²) in [5, 5.41) is 1.84. The Kier molecular flexibility index (Phi) is 4.83. The lowest BCUT2D eigenvalue weighted by atomic mass is 9.93. The standard InChI is InChI=1S/C32H31N2O/c1-19(2)17-26-21(4)18-28(34(7)22(26)5)29-20(3)13-14-24-25-15-16-27(33-6)30(32(25)35-31(24)29)23-11-9-8-10-12-23/h8-16,18-19H,17H2,1-5,7H3/q+1/i17D2,18D. The molecule has 0 aliphatic heterocycles. The Hall–Kier alpha value is -3.90. The van der Waals surface area contributed by atoms with Crippen molar-refractivity contribution in [3.63, 3.8) is 0 Å². The summed E-state index contributed by atoms with van der Waals surface area (Å²) in [4.78, 5) is 3.78. The van der Waals surface area contributed by atoms with Gasteiger partial charge in [0.2, 0.25) is 5.69 Å². The third kappa shape index (κ3) is 3.70. The van der Waals surface area contributed by atoms with Crippen LogP contribution in [0.15, 0.2) is 65.1 Å². The van der Waals surface area contributed by atoms with Crippen molar-refractivity contribution in [1.29, 1.82) is 0 Å². The maximum Gasteiger partial charge on any atom is 0.216 e. The van der Waals surface area contributed by atoms with Crippen LogP contribution in [0.4, 0.5) is 5.69 Å². The first-order valence-corrected chi connectivity index (χ1v) is 11.9.